The molecule has 0 radical (unpaired) electrons. The molecule has 0 aromatic heterocycles. The molecule has 112 valence electrons. The zero-order chi connectivity index (χ0) is 14.9. The molecule has 0 saturated carbocycles. The van der Waals surface area contributed by atoms with Gasteiger partial charge in [-0.05, 0) is 37.6 Å². The second-order valence-corrected chi connectivity index (χ2v) is 7.14. The van der Waals surface area contributed by atoms with Crippen LogP contribution in [0.15, 0.2) is 17.0 Å². The lowest BCUT2D eigenvalue weighted by molar-refractivity contribution is 0.196. The molecule has 6 heteroatoms. The largest absolute Gasteiger partial charge is 0.398 e. The summed E-state index contributed by atoms with van der Waals surface area (Å²) >= 11 is 0. The van der Waals surface area contributed by atoms with Crippen LogP contribution in [0.4, 0.5) is 5.69 Å². The summed E-state index contributed by atoms with van der Waals surface area (Å²) in [6.45, 7) is 9.32. The van der Waals surface area contributed by atoms with Crippen molar-refractivity contribution >= 4 is 15.7 Å². The number of anilines is 1. The lowest BCUT2D eigenvalue weighted by Crippen LogP contribution is -2.48. The third-order valence-corrected chi connectivity index (χ3v) is 6.21. The summed E-state index contributed by atoms with van der Waals surface area (Å²) in [5, 5.41) is 0. The monoisotopic (exact) mass is 297 g/mol. The topological polar surface area (TPSA) is 66.6 Å². The van der Waals surface area contributed by atoms with Crippen molar-refractivity contribution in [2.75, 3.05) is 38.5 Å². The Kier molecular flexibility index (Phi) is 4.36. The number of likely N-dealkylation sites (N-methyl/N-ethyl adjacent to an activating group) is 1. The van der Waals surface area contributed by atoms with E-state index in [4.69, 9.17) is 5.73 Å². The first-order valence-electron chi connectivity index (χ1n) is 6.96. The van der Waals surface area contributed by atoms with Crippen LogP contribution in [0.2, 0.25) is 0 Å². The van der Waals surface area contributed by atoms with Crippen molar-refractivity contribution < 1.29 is 8.42 Å². The van der Waals surface area contributed by atoms with Crippen LogP contribution in [0.1, 0.15) is 18.1 Å². The number of piperazine rings is 1. The predicted molar refractivity (Wildman–Crippen MR) is 81.2 cm³/mol. The average Bonchev–Trinajstić information content (AvgIpc) is 2.43. The van der Waals surface area contributed by atoms with Gasteiger partial charge in [0.05, 0.1) is 4.90 Å². The standard InChI is InChI=1S/C14H23N3O2S/c1-4-16-7-9-17(10-8-16)20(18,19)14-11(2)5-6-13(15)12(14)3/h5-6H,4,7-10,15H2,1-3H3. The summed E-state index contributed by atoms with van der Waals surface area (Å²) in [4.78, 5) is 2.63. The van der Waals surface area contributed by atoms with E-state index in [1.807, 2.05) is 6.92 Å². The van der Waals surface area contributed by atoms with Gasteiger partial charge in [0, 0.05) is 31.9 Å². The molecule has 0 spiro atoms. The summed E-state index contributed by atoms with van der Waals surface area (Å²) in [6.07, 6.45) is 0. The zero-order valence-corrected chi connectivity index (χ0v) is 13.2. The number of hydrogen-bond acceptors (Lipinski definition) is 4. The van der Waals surface area contributed by atoms with Crippen LogP contribution in [0.3, 0.4) is 0 Å². The van der Waals surface area contributed by atoms with E-state index in [1.165, 1.54) is 0 Å². The Morgan fingerprint density at radius 2 is 1.75 bits per heavy atom. The number of nitrogen functional groups attached to an aromatic ring is 1. The Bertz CT molecular complexity index is 591. The van der Waals surface area contributed by atoms with Crippen molar-refractivity contribution in [1.82, 2.24) is 9.21 Å². The minimum atomic E-state index is -3.45. The van der Waals surface area contributed by atoms with Crippen molar-refractivity contribution in [2.45, 2.75) is 25.7 Å². The molecule has 0 unspecified atom stereocenters. The van der Waals surface area contributed by atoms with Gasteiger partial charge in [0.2, 0.25) is 10.0 Å². The van der Waals surface area contributed by atoms with Gasteiger partial charge in [0.1, 0.15) is 0 Å². The van der Waals surface area contributed by atoms with Crippen molar-refractivity contribution in [3.63, 3.8) is 0 Å². The third kappa shape index (κ3) is 2.68. The van der Waals surface area contributed by atoms with Gasteiger partial charge in [0.15, 0.2) is 0 Å². The maximum Gasteiger partial charge on any atom is 0.243 e. The summed E-state index contributed by atoms with van der Waals surface area (Å²) in [7, 11) is -3.45. The molecule has 1 saturated heterocycles. The summed E-state index contributed by atoms with van der Waals surface area (Å²) in [5.74, 6) is 0. The second kappa shape index (κ2) is 5.71. The highest BCUT2D eigenvalue weighted by molar-refractivity contribution is 7.89. The van der Waals surface area contributed by atoms with Crippen molar-refractivity contribution in [3.05, 3.63) is 23.3 Å². The lowest BCUT2D eigenvalue weighted by atomic mass is 10.1. The van der Waals surface area contributed by atoms with E-state index in [1.54, 1.807) is 23.4 Å². The van der Waals surface area contributed by atoms with Gasteiger partial charge in [0.25, 0.3) is 0 Å². The Hall–Kier alpha value is -1.11. The Morgan fingerprint density at radius 3 is 2.30 bits per heavy atom. The normalized spacial score (nSPS) is 18.4. The molecule has 2 N–H and O–H groups in total. The van der Waals surface area contributed by atoms with Gasteiger partial charge in [-0.3, -0.25) is 0 Å². The molecule has 1 fully saturated rings. The van der Waals surface area contributed by atoms with E-state index in [0.717, 1.165) is 25.2 Å². The van der Waals surface area contributed by atoms with Crippen LogP contribution < -0.4 is 5.73 Å². The lowest BCUT2D eigenvalue weighted by Gasteiger charge is -2.33. The van der Waals surface area contributed by atoms with Crippen LogP contribution in [-0.2, 0) is 10.0 Å². The molecule has 0 atom stereocenters. The number of benzene rings is 1. The summed E-state index contributed by atoms with van der Waals surface area (Å²) in [5.41, 5.74) is 7.81. The van der Waals surface area contributed by atoms with Crippen LogP contribution in [-0.4, -0.2) is 50.3 Å². The molecule has 0 aliphatic carbocycles. The number of aryl methyl sites for hydroxylation is 1. The quantitative estimate of drug-likeness (QED) is 0.852. The highest BCUT2D eigenvalue weighted by Crippen LogP contribution is 2.28. The minimum Gasteiger partial charge on any atom is -0.398 e. The number of hydrogen-bond donors (Lipinski definition) is 1. The maximum absolute atomic E-state index is 12.8. The van der Waals surface area contributed by atoms with Crippen LogP contribution >= 0.6 is 0 Å². The van der Waals surface area contributed by atoms with E-state index in [2.05, 4.69) is 11.8 Å². The SMILES string of the molecule is CCN1CCN(S(=O)(=O)c2c(C)ccc(N)c2C)CC1. The van der Waals surface area contributed by atoms with Crippen LogP contribution in [0, 0.1) is 13.8 Å². The molecule has 1 aliphatic heterocycles. The highest BCUT2D eigenvalue weighted by atomic mass is 32.2. The van der Waals surface area contributed by atoms with Gasteiger partial charge < -0.3 is 10.6 Å². The summed E-state index contributed by atoms with van der Waals surface area (Å²) in [6, 6.07) is 3.54. The predicted octanol–water partition coefficient (Wildman–Crippen LogP) is 1.21. The number of sulfonamides is 1. The molecule has 0 bridgehead atoms. The first-order chi connectivity index (χ1) is 9.37. The van der Waals surface area contributed by atoms with Crippen LogP contribution in [0.25, 0.3) is 0 Å². The molecule has 1 heterocycles. The van der Waals surface area contributed by atoms with Crippen molar-refractivity contribution in [1.29, 1.82) is 0 Å². The van der Waals surface area contributed by atoms with Crippen LogP contribution in [0.5, 0.6) is 0 Å². The molecule has 1 aromatic rings. The van der Waals surface area contributed by atoms with E-state index in [0.29, 0.717) is 29.2 Å². The smallest absolute Gasteiger partial charge is 0.243 e. The molecule has 20 heavy (non-hydrogen) atoms. The minimum absolute atomic E-state index is 0.377. The third-order valence-electron chi connectivity index (χ3n) is 4.02. The van der Waals surface area contributed by atoms with Gasteiger partial charge in [-0.15, -0.1) is 0 Å². The van der Waals surface area contributed by atoms with Crippen molar-refractivity contribution in [2.24, 2.45) is 0 Å². The molecular weight excluding hydrogens is 274 g/mol. The first-order valence-corrected chi connectivity index (χ1v) is 8.40. The molecule has 5 nitrogen and oxygen atoms in total. The molecular formula is C14H23N3O2S. The van der Waals surface area contributed by atoms with Gasteiger partial charge >= 0.3 is 0 Å². The maximum atomic E-state index is 12.8. The van der Waals surface area contributed by atoms with E-state index in [-0.39, 0.29) is 0 Å². The second-order valence-electron chi connectivity index (χ2n) is 5.26. The fourth-order valence-electron chi connectivity index (χ4n) is 2.65. The number of rotatable bonds is 3. The Labute approximate surface area is 121 Å². The molecule has 2 rings (SSSR count). The highest BCUT2D eigenvalue weighted by Gasteiger charge is 2.30. The van der Waals surface area contributed by atoms with E-state index >= 15 is 0 Å². The fourth-order valence-corrected chi connectivity index (χ4v) is 4.54. The summed E-state index contributed by atoms with van der Waals surface area (Å²) < 4.78 is 27.2. The zero-order valence-electron chi connectivity index (χ0n) is 12.4. The number of nitrogens with zero attached hydrogens (tertiary/aromatic N) is 2. The van der Waals surface area contributed by atoms with E-state index < -0.39 is 10.0 Å². The van der Waals surface area contributed by atoms with Gasteiger partial charge in [-0.2, -0.15) is 4.31 Å². The molecule has 0 amide bonds. The fraction of sp³-hybridized carbons (Fsp3) is 0.571. The Morgan fingerprint density at radius 1 is 1.15 bits per heavy atom. The molecule has 1 aliphatic rings. The first kappa shape index (κ1) is 15.3. The van der Waals surface area contributed by atoms with Gasteiger partial charge in [-0.25, -0.2) is 8.42 Å². The van der Waals surface area contributed by atoms with Gasteiger partial charge in [-0.1, -0.05) is 13.0 Å². The number of nitrogens with two attached hydrogens (primary N) is 1. The van der Waals surface area contributed by atoms with E-state index in [9.17, 15) is 8.42 Å². The molecule has 1 aromatic carbocycles. The van der Waals surface area contributed by atoms with Crippen molar-refractivity contribution in [3.8, 4) is 0 Å². The average molecular weight is 297 g/mol. The Balaban J connectivity index is 2.35.